The molecular weight excluding hydrogens is 300 g/mol. The van der Waals surface area contributed by atoms with E-state index in [9.17, 15) is 9.59 Å². The van der Waals surface area contributed by atoms with E-state index in [0.29, 0.717) is 12.2 Å². The highest BCUT2D eigenvalue weighted by atomic mass is 35.6. The van der Waals surface area contributed by atoms with Crippen molar-refractivity contribution in [1.29, 1.82) is 0 Å². The Hall–Kier alpha value is -0.970. The lowest BCUT2D eigenvalue weighted by atomic mass is 10.2. The Balaban J connectivity index is 2.76. The van der Waals surface area contributed by atoms with Crippen molar-refractivity contribution in [2.24, 2.45) is 0 Å². The van der Waals surface area contributed by atoms with E-state index >= 15 is 0 Å². The fourth-order valence-electron chi connectivity index (χ4n) is 1.15. The lowest BCUT2D eigenvalue weighted by Gasteiger charge is -2.06. The molecule has 0 unspecified atom stereocenters. The molecule has 0 fully saturated rings. The zero-order valence-electron chi connectivity index (χ0n) is 9.38. The van der Waals surface area contributed by atoms with E-state index in [-0.39, 0.29) is 5.69 Å². The molecule has 98 valence electrons. The normalized spacial score (nSPS) is 11.8. The van der Waals surface area contributed by atoms with Gasteiger partial charge in [-0.15, -0.1) is 0 Å². The summed E-state index contributed by atoms with van der Waals surface area (Å²) in [5.74, 6) is -1.13. The number of aromatic amines is 1. The van der Waals surface area contributed by atoms with Gasteiger partial charge in [-0.05, 0) is 24.6 Å². The van der Waals surface area contributed by atoms with E-state index in [1.54, 1.807) is 6.92 Å². The minimum Gasteiger partial charge on any atom is -0.463 e. The summed E-state index contributed by atoms with van der Waals surface area (Å²) in [5.41, 5.74) is 0.749. The number of H-pyrrole nitrogens is 1. The van der Waals surface area contributed by atoms with E-state index in [1.165, 1.54) is 24.4 Å². The summed E-state index contributed by atoms with van der Waals surface area (Å²) in [6.45, 7) is 2.01. The highest BCUT2D eigenvalue weighted by Crippen LogP contribution is 2.30. The van der Waals surface area contributed by atoms with Crippen molar-refractivity contribution in [3.8, 4) is 0 Å². The van der Waals surface area contributed by atoms with Crippen molar-refractivity contribution >= 4 is 52.6 Å². The molecule has 0 atom stereocenters. The Morgan fingerprint density at radius 2 is 2.11 bits per heavy atom. The standard InChI is InChI=1S/C11H10Cl3NO3/c1-2-18-9(16)4-3-7-5-8(15-6-7)10(17)11(12,13)14/h3-6,15H,2H2,1H3. The number of hydrogen-bond acceptors (Lipinski definition) is 3. The number of alkyl halides is 3. The minimum absolute atomic E-state index is 0.151. The Bertz CT molecular complexity index is 474. The summed E-state index contributed by atoms with van der Waals surface area (Å²) < 4.78 is 2.70. The summed E-state index contributed by atoms with van der Waals surface area (Å²) in [7, 11) is 0. The predicted octanol–water partition coefficient (Wildman–Crippen LogP) is 3.14. The first-order valence-electron chi connectivity index (χ1n) is 4.99. The van der Waals surface area contributed by atoms with E-state index in [2.05, 4.69) is 4.98 Å². The summed E-state index contributed by atoms with van der Waals surface area (Å²) >= 11 is 16.4. The second-order valence-corrected chi connectivity index (χ2v) is 5.54. The largest absolute Gasteiger partial charge is 0.463 e. The average molecular weight is 311 g/mol. The van der Waals surface area contributed by atoms with E-state index in [0.717, 1.165) is 0 Å². The van der Waals surface area contributed by atoms with Crippen molar-refractivity contribution in [3.63, 3.8) is 0 Å². The number of hydrogen-bond donors (Lipinski definition) is 1. The maximum Gasteiger partial charge on any atom is 0.330 e. The Kier molecular flexibility index (Phi) is 5.26. The molecule has 7 heteroatoms. The monoisotopic (exact) mass is 309 g/mol. The van der Waals surface area contributed by atoms with Crippen LogP contribution in [0.2, 0.25) is 0 Å². The molecule has 1 heterocycles. The van der Waals surface area contributed by atoms with Crippen LogP contribution in [0, 0.1) is 0 Å². The first-order chi connectivity index (χ1) is 8.34. The van der Waals surface area contributed by atoms with E-state index in [1.807, 2.05) is 0 Å². The molecule has 0 bridgehead atoms. The predicted molar refractivity (Wildman–Crippen MR) is 71.1 cm³/mol. The highest BCUT2D eigenvalue weighted by molar-refractivity contribution is 6.77. The van der Waals surface area contributed by atoms with E-state index in [4.69, 9.17) is 39.5 Å². The molecular formula is C11H10Cl3NO3. The molecule has 1 aromatic heterocycles. The van der Waals surface area contributed by atoms with Gasteiger partial charge in [0.25, 0.3) is 3.79 Å². The molecule has 1 N–H and O–H groups in total. The second-order valence-electron chi connectivity index (χ2n) is 3.26. The highest BCUT2D eigenvalue weighted by Gasteiger charge is 2.32. The fraction of sp³-hybridized carbons (Fsp3) is 0.273. The Labute approximate surface area is 119 Å². The fourth-order valence-corrected chi connectivity index (χ4v) is 1.45. The van der Waals surface area contributed by atoms with Gasteiger partial charge >= 0.3 is 5.97 Å². The zero-order valence-corrected chi connectivity index (χ0v) is 11.6. The molecule has 0 saturated heterocycles. The topological polar surface area (TPSA) is 59.2 Å². The molecule has 0 aliphatic rings. The maximum absolute atomic E-state index is 11.6. The van der Waals surface area contributed by atoms with Crippen molar-refractivity contribution in [1.82, 2.24) is 4.98 Å². The summed E-state index contributed by atoms with van der Waals surface area (Å²) in [5, 5.41) is 0. The number of esters is 1. The molecule has 0 amide bonds. The molecule has 0 saturated carbocycles. The number of carbonyl (C=O) groups is 2. The van der Waals surface area contributed by atoms with Gasteiger partial charge < -0.3 is 9.72 Å². The lowest BCUT2D eigenvalue weighted by Crippen LogP contribution is -2.19. The molecule has 0 spiro atoms. The van der Waals surface area contributed by atoms with Gasteiger partial charge in [0.2, 0.25) is 5.78 Å². The van der Waals surface area contributed by atoms with Crippen molar-refractivity contribution < 1.29 is 14.3 Å². The summed E-state index contributed by atoms with van der Waals surface area (Å²) in [4.78, 5) is 25.3. The van der Waals surface area contributed by atoms with Crippen molar-refractivity contribution in [3.05, 3.63) is 29.6 Å². The van der Waals surface area contributed by atoms with Crippen LogP contribution in [-0.2, 0) is 9.53 Å². The SMILES string of the molecule is CCOC(=O)C=Cc1c[nH]c(C(=O)C(Cl)(Cl)Cl)c1. The van der Waals surface area contributed by atoms with E-state index < -0.39 is 15.5 Å². The summed E-state index contributed by atoms with van der Waals surface area (Å²) in [6.07, 6.45) is 4.25. The van der Waals surface area contributed by atoms with Crippen LogP contribution in [0.1, 0.15) is 23.0 Å². The van der Waals surface area contributed by atoms with Crippen LogP contribution in [0.5, 0.6) is 0 Å². The molecule has 18 heavy (non-hydrogen) atoms. The lowest BCUT2D eigenvalue weighted by molar-refractivity contribution is -0.137. The molecule has 1 aromatic rings. The van der Waals surface area contributed by atoms with Crippen LogP contribution in [-0.4, -0.2) is 27.1 Å². The van der Waals surface area contributed by atoms with Gasteiger partial charge in [0, 0.05) is 12.3 Å². The number of carbonyl (C=O) groups excluding carboxylic acids is 2. The number of ether oxygens (including phenoxy) is 1. The number of ketones is 1. The Morgan fingerprint density at radius 3 is 2.67 bits per heavy atom. The first kappa shape index (κ1) is 15.1. The van der Waals surface area contributed by atoms with Crippen molar-refractivity contribution in [2.75, 3.05) is 6.61 Å². The van der Waals surface area contributed by atoms with Gasteiger partial charge in [-0.2, -0.15) is 0 Å². The smallest absolute Gasteiger partial charge is 0.330 e. The third kappa shape index (κ3) is 4.37. The number of halogens is 3. The molecule has 4 nitrogen and oxygen atoms in total. The molecule has 1 rings (SSSR count). The third-order valence-corrected chi connectivity index (χ3v) is 2.42. The van der Waals surface area contributed by atoms with Crippen LogP contribution in [0.15, 0.2) is 18.3 Å². The minimum atomic E-state index is -2.01. The second kappa shape index (κ2) is 6.27. The van der Waals surface area contributed by atoms with Crippen molar-refractivity contribution in [2.45, 2.75) is 10.7 Å². The molecule has 0 radical (unpaired) electrons. The average Bonchev–Trinajstić information content (AvgIpc) is 2.73. The van der Waals surface area contributed by atoms with Crippen LogP contribution >= 0.6 is 34.8 Å². The quantitative estimate of drug-likeness (QED) is 0.402. The zero-order chi connectivity index (χ0) is 13.8. The maximum atomic E-state index is 11.6. The Morgan fingerprint density at radius 1 is 1.44 bits per heavy atom. The van der Waals surface area contributed by atoms with Crippen LogP contribution in [0.3, 0.4) is 0 Å². The van der Waals surface area contributed by atoms with Crippen LogP contribution in [0.25, 0.3) is 6.08 Å². The number of rotatable bonds is 4. The molecule has 0 aromatic carbocycles. The van der Waals surface area contributed by atoms with Gasteiger partial charge in [0.15, 0.2) is 0 Å². The number of nitrogens with one attached hydrogen (secondary N) is 1. The van der Waals surface area contributed by atoms with Gasteiger partial charge in [0.05, 0.1) is 12.3 Å². The molecule has 0 aliphatic heterocycles. The molecule has 0 aliphatic carbocycles. The number of aromatic nitrogens is 1. The van der Waals surface area contributed by atoms with Gasteiger partial charge in [0.1, 0.15) is 0 Å². The van der Waals surface area contributed by atoms with Gasteiger partial charge in [-0.25, -0.2) is 4.79 Å². The third-order valence-electron chi connectivity index (χ3n) is 1.91. The summed E-state index contributed by atoms with van der Waals surface area (Å²) in [6, 6.07) is 1.47. The van der Waals surface area contributed by atoms with Crippen LogP contribution < -0.4 is 0 Å². The van der Waals surface area contributed by atoms with Gasteiger partial charge in [-0.1, -0.05) is 34.8 Å². The van der Waals surface area contributed by atoms with Gasteiger partial charge in [-0.3, -0.25) is 4.79 Å². The van der Waals surface area contributed by atoms with Crippen LogP contribution in [0.4, 0.5) is 0 Å². The first-order valence-corrected chi connectivity index (χ1v) is 6.12. The number of Topliss-reactive ketones (excluding diaryl/α,β-unsaturated/α-hetero) is 1.